The minimum atomic E-state index is -0.230. The summed E-state index contributed by atoms with van der Waals surface area (Å²) in [6.45, 7) is 1.64. The lowest BCUT2D eigenvalue weighted by Gasteiger charge is -2.12. The fourth-order valence-corrected chi connectivity index (χ4v) is 2.73. The van der Waals surface area contributed by atoms with E-state index in [0.717, 1.165) is 10.0 Å². The van der Waals surface area contributed by atoms with E-state index < -0.39 is 0 Å². The molecule has 0 saturated heterocycles. The molecule has 26 heavy (non-hydrogen) atoms. The quantitative estimate of drug-likeness (QED) is 0.366. The van der Waals surface area contributed by atoms with Crippen LogP contribution >= 0.6 is 15.9 Å². The largest absolute Gasteiger partial charge is 0.356 e. The summed E-state index contributed by atoms with van der Waals surface area (Å²) in [6.07, 6.45) is 0.693. The van der Waals surface area contributed by atoms with Crippen molar-refractivity contribution in [1.29, 1.82) is 0 Å². The third kappa shape index (κ3) is 6.84. The number of amides is 1. The van der Waals surface area contributed by atoms with E-state index >= 15 is 0 Å². The standard InChI is InChI=1S/C19H22BrFN4O/c1-22-19(24-9-8-14-4-2-7-17(21)12-14)25-11-10-23-18(26)15-5-3-6-16(20)13-15/h2-7,12-13H,8-11H2,1H3,(H,23,26)(H2,22,24,25). The number of hydrogen-bond donors (Lipinski definition) is 3. The molecule has 138 valence electrons. The highest BCUT2D eigenvalue weighted by molar-refractivity contribution is 9.10. The van der Waals surface area contributed by atoms with Crippen LogP contribution in [0.5, 0.6) is 0 Å². The Morgan fingerprint density at radius 2 is 1.77 bits per heavy atom. The van der Waals surface area contributed by atoms with Crippen molar-refractivity contribution in [2.75, 3.05) is 26.7 Å². The average molecular weight is 421 g/mol. The van der Waals surface area contributed by atoms with Crippen molar-refractivity contribution < 1.29 is 9.18 Å². The molecule has 1 amide bonds. The third-order valence-electron chi connectivity index (χ3n) is 3.61. The summed E-state index contributed by atoms with van der Waals surface area (Å²) in [5, 5.41) is 9.14. The van der Waals surface area contributed by atoms with E-state index in [0.29, 0.717) is 37.6 Å². The van der Waals surface area contributed by atoms with Crippen molar-refractivity contribution in [2.24, 2.45) is 4.99 Å². The molecular weight excluding hydrogens is 399 g/mol. The van der Waals surface area contributed by atoms with Crippen molar-refractivity contribution in [3.05, 3.63) is 69.9 Å². The molecule has 2 aromatic rings. The molecule has 0 saturated carbocycles. The fourth-order valence-electron chi connectivity index (χ4n) is 2.33. The highest BCUT2D eigenvalue weighted by atomic mass is 79.9. The second kappa shape index (κ2) is 10.6. The van der Waals surface area contributed by atoms with Crippen LogP contribution in [0.4, 0.5) is 4.39 Å². The van der Waals surface area contributed by atoms with E-state index in [2.05, 4.69) is 36.9 Å². The number of nitrogens with zero attached hydrogens (tertiary/aromatic N) is 1. The van der Waals surface area contributed by atoms with Crippen LogP contribution < -0.4 is 16.0 Å². The molecule has 0 radical (unpaired) electrons. The number of hydrogen-bond acceptors (Lipinski definition) is 2. The molecule has 5 nitrogen and oxygen atoms in total. The second-order valence-electron chi connectivity index (χ2n) is 5.57. The third-order valence-corrected chi connectivity index (χ3v) is 4.10. The molecule has 0 aliphatic rings. The molecule has 7 heteroatoms. The first kappa shape index (κ1) is 19.9. The fraction of sp³-hybridized carbons (Fsp3) is 0.263. The number of halogens is 2. The Hall–Kier alpha value is -2.41. The predicted octanol–water partition coefficient (Wildman–Crippen LogP) is 2.73. The van der Waals surface area contributed by atoms with Gasteiger partial charge in [0.2, 0.25) is 0 Å². The van der Waals surface area contributed by atoms with Gasteiger partial charge in [0.1, 0.15) is 5.82 Å². The summed E-state index contributed by atoms with van der Waals surface area (Å²) in [7, 11) is 1.68. The van der Waals surface area contributed by atoms with Crippen LogP contribution in [-0.2, 0) is 6.42 Å². The summed E-state index contributed by atoms with van der Waals surface area (Å²) >= 11 is 3.35. The van der Waals surface area contributed by atoms with Gasteiger partial charge in [-0.2, -0.15) is 0 Å². The van der Waals surface area contributed by atoms with Crippen molar-refractivity contribution in [3.63, 3.8) is 0 Å². The van der Waals surface area contributed by atoms with Gasteiger partial charge in [-0.15, -0.1) is 0 Å². The normalized spacial score (nSPS) is 11.1. The molecular formula is C19H22BrFN4O. The Morgan fingerprint density at radius 3 is 2.50 bits per heavy atom. The van der Waals surface area contributed by atoms with Crippen molar-refractivity contribution >= 4 is 27.8 Å². The van der Waals surface area contributed by atoms with Gasteiger partial charge in [-0.25, -0.2) is 4.39 Å². The summed E-state index contributed by atoms with van der Waals surface area (Å²) < 4.78 is 14.0. The molecule has 0 aliphatic heterocycles. The Balaban J connectivity index is 1.66. The minimum absolute atomic E-state index is 0.123. The molecule has 0 aromatic heterocycles. The SMILES string of the molecule is CN=C(NCCNC(=O)c1cccc(Br)c1)NCCc1cccc(F)c1. The zero-order chi connectivity index (χ0) is 18.8. The van der Waals surface area contributed by atoms with Gasteiger partial charge in [0.05, 0.1) is 0 Å². The molecule has 0 heterocycles. The second-order valence-corrected chi connectivity index (χ2v) is 6.49. The Labute approximate surface area is 161 Å². The van der Waals surface area contributed by atoms with Gasteiger partial charge < -0.3 is 16.0 Å². The van der Waals surface area contributed by atoms with Crippen LogP contribution in [0.25, 0.3) is 0 Å². The van der Waals surface area contributed by atoms with E-state index in [-0.39, 0.29) is 11.7 Å². The van der Waals surface area contributed by atoms with Crippen molar-refractivity contribution in [1.82, 2.24) is 16.0 Å². The maximum atomic E-state index is 13.1. The van der Waals surface area contributed by atoms with E-state index in [1.807, 2.05) is 18.2 Å². The van der Waals surface area contributed by atoms with Gasteiger partial charge >= 0.3 is 0 Å². The van der Waals surface area contributed by atoms with Gasteiger partial charge in [0.15, 0.2) is 5.96 Å². The van der Waals surface area contributed by atoms with E-state index in [9.17, 15) is 9.18 Å². The number of rotatable bonds is 7. The molecule has 2 rings (SSSR count). The molecule has 0 aliphatic carbocycles. The zero-order valence-corrected chi connectivity index (χ0v) is 16.1. The summed E-state index contributed by atoms with van der Waals surface area (Å²) in [4.78, 5) is 16.2. The smallest absolute Gasteiger partial charge is 0.251 e. The van der Waals surface area contributed by atoms with Crippen LogP contribution in [-0.4, -0.2) is 38.5 Å². The lowest BCUT2D eigenvalue weighted by molar-refractivity contribution is 0.0954. The molecule has 0 bridgehead atoms. The van der Waals surface area contributed by atoms with Gasteiger partial charge in [0.25, 0.3) is 5.91 Å². The lowest BCUT2D eigenvalue weighted by Crippen LogP contribution is -2.42. The number of guanidine groups is 1. The summed E-state index contributed by atoms with van der Waals surface area (Å²) in [6, 6.07) is 13.8. The van der Waals surface area contributed by atoms with Crippen molar-refractivity contribution in [2.45, 2.75) is 6.42 Å². The van der Waals surface area contributed by atoms with E-state index in [4.69, 9.17) is 0 Å². The van der Waals surface area contributed by atoms with Gasteiger partial charge in [0, 0.05) is 36.7 Å². The average Bonchev–Trinajstić information content (AvgIpc) is 2.63. The molecule has 0 spiro atoms. The Bertz CT molecular complexity index is 767. The Morgan fingerprint density at radius 1 is 1.04 bits per heavy atom. The molecule has 2 aromatic carbocycles. The van der Waals surface area contributed by atoms with Gasteiger partial charge in [-0.1, -0.05) is 34.1 Å². The minimum Gasteiger partial charge on any atom is -0.356 e. The maximum Gasteiger partial charge on any atom is 0.251 e. The molecule has 0 atom stereocenters. The highest BCUT2D eigenvalue weighted by Gasteiger charge is 2.05. The first-order chi connectivity index (χ1) is 12.6. The molecule has 3 N–H and O–H groups in total. The van der Waals surface area contributed by atoms with Crippen LogP contribution in [0.3, 0.4) is 0 Å². The van der Waals surface area contributed by atoms with Crippen molar-refractivity contribution in [3.8, 4) is 0 Å². The highest BCUT2D eigenvalue weighted by Crippen LogP contribution is 2.11. The topological polar surface area (TPSA) is 65.5 Å². The first-order valence-corrected chi connectivity index (χ1v) is 9.10. The Kier molecular flexibility index (Phi) is 8.08. The van der Waals surface area contributed by atoms with Gasteiger partial charge in [-0.05, 0) is 42.3 Å². The molecule has 0 unspecified atom stereocenters. The summed E-state index contributed by atoms with van der Waals surface area (Å²) in [5.74, 6) is 0.284. The molecule has 0 fully saturated rings. The number of carbonyl (C=O) groups is 1. The summed E-state index contributed by atoms with van der Waals surface area (Å²) in [5.41, 5.74) is 1.53. The first-order valence-electron chi connectivity index (χ1n) is 8.31. The number of aliphatic imine (C=N–C) groups is 1. The van der Waals surface area contributed by atoms with Crippen LogP contribution in [0.2, 0.25) is 0 Å². The number of nitrogens with one attached hydrogen (secondary N) is 3. The monoisotopic (exact) mass is 420 g/mol. The van der Waals surface area contributed by atoms with Crippen LogP contribution in [0.1, 0.15) is 15.9 Å². The lowest BCUT2D eigenvalue weighted by atomic mass is 10.1. The maximum absolute atomic E-state index is 13.1. The van der Waals surface area contributed by atoms with Gasteiger partial charge in [-0.3, -0.25) is 9.79 Å². The van der Waals surface area contributed by atoms with E-state index in [1.165, 1.54) is 12.1 Å². The van der Waals surface area contributed by atoms with E-state index in [1.54, 1.807) is 25.2 Å². The predicted molar refractivity (Wildman–Crippen MR) is 106 cm³/mol. The van der Waals surface area contributed by atoms with Crippen LogP contribution in [0.15, 0.2) is 58.0 Å². The zero-order valence-electron chi connectivity index (χ0n) is 14.6. The number of carbonyl (C=O) groups excluding carboxylic acids is 1. The number of benzene rings is 2. The van der Waals surface area contributed by atoms with Crippen LogP contribution in [0, 0.1) is 5.82 Å².